The van der Waals surface area contributed by atoms with Gasteiger partial charge in [0.1, 0.15) is 11.4 Å². The summed E-state index contributed by atoms with van der Waals surface area (Å²) < 4.78 is 7.06. The molecular formula is C13H18N2O. The van der Waals surface area contributed by atoms with Crippen molar-refractivity contribution in [2.75, 3.05) is 7.11 Å². The van der Waals surface area contributed by atoms with E-state index in [-0.39, 0.29) is 0 Å². The first-order valence-electron chi connectivity index (χ1n) is 5.47. The van der Waals surface area contributed by atoms with Crippen LogP contribution in [0.15, 0.2) is 36.5 Å². The van der Waals surface area contributed by atoms with Gasteiger partial charge in [-0.05, 0) is 25.1 Å². The molecule has 16 heavy (non-hydrogen) atoms. The van der Waals surface area contributed by atoms with Crippen molar-refractivity contribution in [1.82, 2.24) is 9.78 Å². The summed E-state index contributed by atoms with van der Waals surface area (Å²) in [6.45, 7) is 5.96. The van der Waals surface area contributed by atoms with Crippen molar-refractivity contribution in [2.24, 2.45) is 0 Å². The molecule has 2 rings (SSSR count). The highest BCUT2D eigenvalue weighted by molar-refractivity contribution is 5.45. The molecule has 1 heterocycles. The first-order chi connectivity index (χ1) is 7.81. The summed E-state index contributed by atoms with van der Waals surface area (Å²) in [5.74, 6) is 0.829. The third-order valence-corrected chi connectivity index (χ3v) is 2.05. The van der Waals surface area contributed by atoms with E-state index in [1.165, 1.54) is 0 Å². The van der Waals surface area contributed by atoms with Gasteiger partial charge in [0.05, 0.1) is 12.8 Å². The highest BCUT2D eigenvalue weighted by atomic mass is 16.5. The Morgan fingerprint density at radius 1 is 1.12 bits per heavy atom. The molecule has 0 bridgehead atoms. The van der Waals surface area contributed by atoms with Crippen LogP contribution in [-0.4, -0.2) is 16.9 Å². The van der Waals surface area contributed by atoms with Gasteiger partial charge in [0, 0.05) is 6.20 Å². The van der Waals surface area contributed by atoms with Crippen LogP contribution in [0.4, 0.5) is 0 Å². The first-order valence-corrected chi connectivity index (χ1v) is 5.47. The van der Waals surface area contributed by atoms with E-state index in [4.69, 9.17) is 4.74 Å². The molecular weight excluding hydrogens is 200 g/mol. The number of para-hydroxylation sites is 2. The van der Waals surface area contributed by atoms with Crippen molar-refractivity contribution < 1.29 is 4.74 Å². The summed E-state index contributed by atoms with van der Waals surface area (Å²) in [6.07, 6.45) is 1.92. The number of methoxy groups -OCH3 is 1. The summed E-state index contributed by atoms with van der Waals surface area (Å²) >= 11 is 0. The molecule has 0 aliphatic heterocycles. The van der Waals surface area contributed by atoms with Gasteiger partial charge in [-0.2, -0.15) is 5.10 Å². The largest absolute Gasteiger partial charge is 0.494 e. The number of ether oxygens (including phenoxy) is 1. The standard InChI is InChI=1S/C11H12N2O.C2H6/c1-9-7-8-13(12-9)10-5-3-4-6-11(10)14-2;1-2/h3-8H,1-2H3;1-2H3. The van der Waals surface area contributed by atoms with Crippen LogP contribution < -0.4 is 4.74 Å². The van der Waals surface area contributed by atoms with Crippen molar-refractivity contribution in [2.45, 2.75) is 20.8 Å². The molecule has 0 saturated heterocycles. The lowest BCUT2D eigenvalue weighted by molar-refractivity contribution is 0.411. The van der Waals surface area contributed by atoms with Crippen molar-refractivity contribution in [3.63, 3.8) is 0 Å². The average Bonchev–Trinajstić information content (AvgIpc) is 2.78. The van der Waals surface area contributed by atoms with Gasteiger partial charge >= 0.3 is 0 Å². The number of benzene rings is 1. The minimum atomic E-state index is 0.829. The first kappa shape index (κ1) is 12.3. The van der Waals surface area contributed by atoms with Crippen LogP contribution in [0.2, 0.25) is 0 Å². The summed E-state index contributed by atoms with van der Waals surface area (Å²) in [6, 6.07) is 9.78. The molecule has 0 N–H and O–H groups in total. The molecule has 0 atom stereocenters. The molecule has 0 aliphatic rings. The fourth-order valence-electron chi connectivity index (χ4n) is 1.37. The van der Waals surface area contributed by atoms with E-state index in [1.807, 2.05) is 62.0 Å². The zero-order valence-corrected chi connectivity index (χ0v) is 10.3. The molecule has 0 radical (unpaired) electrons. The zero-order chi connectivity index (χ0) is 12.0. The number of aromatic nitrogens is 2. The van der Waals surface area contributed by atoms with Gasteiger partial charge in [-0.3, -0.25) is 0 Å². The van der Waals surface area contributed by atoms with Gasteiger partial charge in [-0.25, -0.2) is 4.68 Å². The van der Waals surface area contributed by atoms with Crippen LogP contribution in [0.3, 0.4) is 0 Å². The summed E-state index contributed by atoms with van der Waals surface area (Å²) in [7, 11) is 1.66. The molecule has 3 heteroatoms. The van der Waals surface area contributed by atoms with Crippen LogP contribution in [0.25, 0.3) is 5.69 Å². The van der Waals surface area contributed by atoms with E-state index in [1.54, 1.807) is 7.11 Å². The average molecular weight is 218 g/mol. The predicted octanol–water partition coefficient (Wildman–Crippen LogP) is 3.22. The Labute approximate surface area is 96.7 Å². The predicted molar refractivity (Wildman–Crippen MR) is 66.2 cm³/mol. The number of nitrogens with zero attached hydrogens (tertiary/aromatic N) is 2. The second kappa shape index (κ2) is 5.95. The van der Waals surface area contributed by atoms with Gasteiger partial charge in [0.2, 0.25) is 0 Å². The van der Waals surface area contributed by atoms with E-state index >= 15 is 0 Å². The topological polar surface area (TPSA) is 27.1 Å². The van der Waals surface area contributed by atoms with Gasteiger partial charge in [0.25, 0.3) is 0 Å². The minimum absolute atomic E-state index is 0.829. The molecule has 86 valence electrons. The zero-order valence-electron chi connectivity index (χ0n) is 10.3. The molecule has 3 nitrogen and oxygen atoms in total. The Bertz CT molecular complexity index is 435. The summed E-state index contributed by atoms with van der Waals surface area (Å²) in [5, 5.41) is 4.33. The maximum absolute atomic E-state index is 5.25. The van der Waals surface area contributed by atoms with Crippen LogP contribution in [0.1, 0.15) is 19.5 Å². The van der Waals surface area contributed by atoms with Crippen LogP contribution >= 0.6 is 0 Å². The van der Waals surface area contributed by atoms with Gasteiger partial charge in [-0.15, -0.1) is 0 Å². The fraction of sp³-hybridized carbons (Fsp3) is 0.308. The highest BCUT2D eigenvalue weighted by Crippen LogP contribution is 2.20. The molecule has 2 aromatic rings. The summed E-state index contributed by atoms with van der Waals surface area (Å²) in [5.41, 5.74) is 1.96. The summed E-state index contributed by atoms with van der Waals surface area (Å²) in [4.78, 5) is 0. The minimum Gasteiger partial charge on any atom is -0.494 e. The smallest absolute Gasteiger partial charge is 0.144 e. The van der Waals surface area contributed by atoms with Crippen LogP contribution in [-0.2, 0) is 0 Å². The Balaban J connectivity index is 0.000000606. The molecule has 0 fully saturated rings. The highest BCUT2D eigenvalue weighted by Gasteiger charge is 2.03. The molecule has 0 amide bonds. The Hall–Kier alpha value is -1.77. The maximum Gasteiger partial charge on any atom is 0.144 e. The van der Waals surface area contributed by atoms with Crippen LogP contribution in [0, 0.1) is 6.92 Å². The van der Waals surface area contributed by atoms with Crippen LogP contribution in [0.5, 0.6) is 5.75 Å². The van der Waals surface area contributed by atoms with E-state index in [0.717, 1.165) is 17.1 Å². The lowest BCUT2D eigenvalue weighted by Crippen LogP contribution is -1.98. The Morgan fingerprint density at radius 2 is 1.81 bits per heavy atom. The second-order valence-corrected chi connectivity index (χ2v) is 3.07. The Morgan fingerprint density at radius 3 is 2.38 bits per heavy atom. The Kier molecular flexibility index (Phi) is 4.58. The third kappa shape index (κ3) is 2.63. The molecule has 1 aromatic heterocycles. The maximum atomic E-state index is 5.25. The quantitative estimate of drug-likeness (QED) is 0.774. The van der Waals surface area contributed by atoms with E-state index in [0.29, 0.717) is 0 Å². The SMILES string of the molecule is CC.COc1ccccc1-n1ccc(C)n1. The molecule has 0 aliphatic carbocycles. The van der Waals surface area contributed by atoms with Crippen molar-refractivity contribution in [3.05, 3.63) is 42.2 Å². The van der Waals surface area contributed by atoms with E-state index < -0.39 is 0 Å². The third-order valence-electron chi connectivity index (χ3n) is 2.05. The molecule has 1 aromatic carbocycles. The number of hydrogen-bond donors (Lipinski definition) is 0. The molecule has 0 spiro atoms. The van der Waals surface area contributed by atoms with Gasteiger partial charge < -0.3 is 4.74 Å². The number of rotatable bonds is 2. The van der Waals surface area contributed by atoms with Crippen molar-refractivity contribution in [3.8, 4) is 11.4 Å². The lowest BCUT2D eigenvalue weighted by atomic mass is 10.3. The van der Waals surface area contributed by atoms with Crippen molar-refractivity contribution >= 4 is 0 Å². The van der Waals surface area contributed by atoms with E-state index in [9.17, 15) is 0 Å². The van der Waals surface area contributed by atoms with Gasteiger partial charge in [0.15, 0.2) is 0 Å². The lowest BCUT2D eigenvalue weighted by Gasteiger charge is -2.07. The fourth-order valence-corrected chi connectivity index (χ4v) is 1.37. The second-order valence-electron chi connectivity index (χ2n) is 3.07. The molecule has 0 unspecified atom stereocenters. The molecule has 0 saturated carbocycles. The van der Waals surface area contributed by atoms with E-state index in [2.05, 4.69) is 5.10 Å². The number of hydrogen-bond acceptors (Lipinski definition) is 2. The number of aryl methyl sites for hydroxylation is 1. The van der Waals surface area contributed by atoms with Gasteiger partial charge in [-0.1, -0.05) is 26.0 Å². The normalized spacial score (nSPS) is 9.25. The van der Waals surface area contributed by atoms with Crippen molar-refractivity contribution in [1.29, 1.82) is 0 Å². The monoisotopic (exact) mass is 218 g/mol.